The van der Waals surface area contributed by atoms with Crippen LogP contribution in [-0.2, 0) is 17.6 Å². The van der Waals surface area contributed by atoms with E-state index in [9.17, 15) is 9.59 Å². The molecule has 0 saturated heterocycles. The molecular formula is C24H26N2O3. The van der Waals surface area contributed by atoms with Crippen LogP contribution in [0.15, 0.2) is 42.5 Å². The van der Waals surface area contributed by atoms with Crippen molar-refractivity contribution in [3.8, 4) is 5.75 Å². The van der Waals surface area contributed by atoms with Crippen LogP contribution < -0.4 is 15.0 Å². The lowest BCUT2D eigenvalue weighted by atomic mass is 9.95. The molecule has 2 aliphatic heterocycles. The average molecular weight is 390 g/mol. The summed E-state index contributed by atoms with van der Waals surface area (Å²) in [7, 11) is 0. The second-order valence-corrected chi connectivity index (χ2v) is 7.82. The number of carbonyl (C=O) groups is 2. The molecule has 0 saturated carbocycles. The highest BCUT2D eigenvalue weighted by Gasteiger charge is 2.25. The van der Waals surface area contributed by atoms with Crippen molar-refractivity contribution in [2.24, 2.45) is 0 Å². The van der Waals surface area contributed by atoms with E-state index in [1.807, 2.05) is 50.3 Å². The Morgan fingerprint density at radius 1 is 1.17 bits per heavy atom. The molecule has 0 fully saturated rings. The summed E-state index contributed by atoms with van der Waals surface area (Å²) in [6.45, 7) is 5.26. The van der Waals surface area contributed by atoms with E-state index in [4.69, 9.17) is 4.74 Å². The lowest BCUT2D eigenvalue weighted by molar-refractivity contribution is -0.114. The van der Waals surface area contributed by atoms with Crippen LogP contribution in [0.1, 0.15) is 47.3 Å². The van der Waals surface area contributed by atoms with Gasteiger partial charge in [-0.25, -0.2) is 0 Å². The molecule has 2 amide bonds. The molecule has 0 unspecified atom stereocenters. The number of hydrogen-bond acceptors (Lipinski definition) is 3. The molecule has 2 aliphatic rings. The smallest absolute Gasteiger partial charge is 0.251 e. The maximum atomic E-state index is 12.9. The third-order valence-electron chi connectivity index (χ3n) is 5.31. The fraction of sp³-hybridized carbons (Fsp3) is 0.333. The molecule has 0 aliphatic carbocycles. The monoisotopic (exact) mass is 390 g/mol. The fourth-order valence-electron chi connectivity index (χ4n) is 3.97. The van der Waals surface area contributed by atoms with Crippen molar-refractivity contribution in [2.45, 2.75) is 39.2 Å². The fourth-order valence-corrected chi connectivity index (χ4v) is 3.97. The van der Waals surface area contributed by atoms with Crippen LogP contribution in [0.3, 0.4) is 0 Å². The van der Waals surface area contributed by atoms with E-state index in [2.05, 4.69) is 11.4 Å². The molecule has 0 spiro atoms. The summed E-state index contributed by atoms with van der Waals surface area (Å²) < 4.78 is 5.54. The largest absolute Gasteiger partial charge is 0.493 e. The molecule has 0 radical (unpaired) electrons. The summed E-state index contributed by atoms with van der Waals surface area (Å²) >= 11 is 0. The molecule has 2 heterocycles. The van der Waals surface area contributed by atoms with E-state index in [1.54, 1.807) is 11.0 Å². The molecule has 2 aromatic rings. The highest BCUT2D eigenvalue weighted by molar-refractivity contribution is 6.06. The Balaban J connectivity index is 1.56. The van der Waals surface area contributed by atoms with Crippen molar-refractivity contribution in [2.75, 3.05) is 18.1 Å². The Labute approximate surface area is 171 Å². The van der Waals surface area contributed by atoms with E-state index in [-0.39, 0.29) is 17.9 Å². The van der Waals surface area contributed by atoms with Gasteiger partial charge in [0, 0.05) is 36.3 Å². The molecule has 0 bridgehead atoms. The van der Waals surface area contributed by atoms with Crippen molar-refractivity contribution in [3.05, 3.63) is 64.7 Å². The van der Waals surface area contributed by atoms with Crippen LogP contribution >= 0.6 is 0 Å². The van der Waals surface area contributed by atoms with Gasteiger partial charge in [-0.1, -0.05) is 12.1 Å². The number of rotatable bonds is 4. The van der Waals surface area contributed by atoms with Gasteiger partial charge in [0.05, 0.1) is 6.61 Å². The number of nitrogens with zero attached hydrogens (tertiary/aromatic N) is 1. The Bertz CT molecular complexity index is 978. The quantitative estimate of drug-likeness (QED) is 0.809. The highest BCUT2D eigenvalue weighted by Crippen LogP contribution is 2.31. The first kappa shape index (κ1) is 19.2. The first-order chi connectivity index (χ1) is 14.0. The zero-order valence-corrected chi connectivity index (χ0v) is 16.9. The van der Waals surface area contributed by atoms with Crippen LogP contribution in [0.25, 0.3) is 6.08 Å². The first-order valence-corrected chi connectivity index (χ1v) is 10.2. The summed E-state index contributed by atoms with van der Waals surface area (Å²) in [5.41, 5.74) is 4.63. The lowest BCUT2D eigenvalue weighted by Crippen LogP contribution is -2.36. The summed E-state index contributed by atoms with van der Waals surface area (Å²) in [5.74, 6) is 0.789. The molecular weight excluding hydrogens is 364 g/mol. The minimum Gasteiger partial charge on any atom is -0.493 e. The number of carbonyl (C=O) groups excluding carboxylic acids is 2. The minimum atomic E-state index is -0.0814. The lowest BCUT2D eigenvalue weighted by Gasteiger charge is -2.30. The van der Waals surface area contributed by atoms with Gasteiger partial charge in [-0.15, -0.1) is 0 Å². The van der Waals surface area contributed by atoms with E-state index in [0.29, 0.717) is 12.1 Å². The topological polar surface area (TPSA) is 58.6 Å². The van der Waals surface area contributed by atoms with Crippen LogP contribution in [-0.4, -0.2) is 31.0 Å². The van der Waals surface area contributed by atoms with Crippen molar-refractivity contribution in [1.82, 2.24) is 5.32 Å². The van der Waals surface area contributed by atoms with Gasteiger partial charge in [-0.05, 0) is 73.7 Å². The van der Waals surface area contributed by atoms with Gasteiger partial charge in [-0.3, -0.25) is 9.59 Å². The van der Waals surface area contributed by atoms with Crippen LogP contribution in [0.4, 0.5) is 5.69 Å². The third-order valence-corrected chi connectivity index (χ3v) is 5.31. The SMILES string of the molecule is CC(C)NC(=O)c1cccc2c1CCCN2C(=O)C=Cc1ccc2c(c1)CCO2. The highest BCUT2D eigenvalue weighted by atomic mass is 16.5. The van der Waals surface area contributed by atoms with E-state index < -0.39 is 0 Å². The Hall–Kier alpha value is -3.08. The van der Waals surface area contributed by atoms with Crippen molar-refractivity contribution in [3.63, 3.8) is 0 Å². The molecule has 150 valence electrons. The molecule has 5 nitrogen and oxygen atoms in total. The maximum Gasteiger partial charge on any atom is 0.251 e. The minimum absolute atomic E-state index is 0.0656. The third kappa shape index (κ3) is 4.04. The number of benzene rings is 2. The summed E-state index contributed by atoms with van der Waals surface area (Å²) in [5, 5.41) is 2.95. The van der Waals surface area contributed by atoms with Crippen molar-refractivity contribution < 1.29 is 14.3 Å². The Kier molecular flexibility index (Phi) is 5.38. The van der Waals surface area contributed by atoms with Gasteiger partial charge < -0.3 is 15.0 Å². The van der Waals surface area contributed by atoms with Crippen LogP contribution in [0, 0.1) is 0 Å². The van der Waals surface area contributed by atoms with Gasteiger partial charge >= 0.3 is 0 Å². The average Bonchev–Trinajstić information content (AvgIpc) is 3.18. The summed E-state index contributed by atoms with van der Waals surface area (Å²) in [6.07, 6.45) is 6.02. The number of hydrogen-bond donors (Lipinski definition) is 1. The standard InChI is InChI=1S/C24H26N2O3/c1-16(2)25-24(28)20-5-3-7-21-19(20)6-4-13-26(21)23(27)11-9-17-8-10-22-18(15-17)12-14-29-22/h3,5,7-11,15-16H,4,6,12-14H2,1-2H3,(H,25,28). The number of ether oxygens (including phenoxy) is 1. The normalized spacial score (nSPS) is 15.2. The molecule has 1 N–H and O–H groups in total. The predicted molar refractivity (Wildman–Crippen MR) is 114 cm³/mol. The second-order valence-electron chi connectivity index (χ2n) is 7.82. The van der Waals surface area contributed by atoms with Gasteiger partial charge in [0.25, 0.3) is 11.8 Å². The van der Waals surface area contributed by atoms with E-state index >= 15 is 0 Å². The summed E-state index contributed by atoms with van der Waals surface area (Å²) in [4.78, 5) is 27.3. The molecule has 0 atom stereocenters. The maximum absolute atomic E-state index is 12.9. The number of nitrogens with one attached hydrogen (secondary N) is 1. The van der Waals surface area contributed by atoms with Crippen LogP contribution in [0.5, 0.6) is 5.75 Å². The second kappa shape index (κ2) is 8.11. The van der Waals surface area contributed by atoms with E-state index in [1.165, 1.54) is 5.56 Å². The van der Waals surface area contributed by atoms with Crippen LogP contribution in [0.2, 0.25) is 0 Å². The van der Waals surface area contributed by atoms with Gasteiger partial charge in [0.1, 0.15) is 5.75 Å². The molecule has 5 heteroatoms. The summed E-state index contributed by atoms with van der Waals surface area (Å²) in [6, 6.07) is 11.7. The number of fused-ring (bicyclic) bond motifs is 2. The predicted octanol–water partition coefficient (Wildman–Crippen LogP) is 3.75. The number of anilines is 1. The molecule has 4 rings (SSSR count). The number of amides is 2. The van der Waals surface area contributed by atoms with Gasteiger partial charge in [-0.2, -0.15) is 0 Å². The van der Waals surface area contributed by atoms with Gasteiger partial charge in [0.2, 0.25) is 0 Å². The van der Waals surface area contributed by atoms with Crippen molar-refractivity contribution in [1.29, 1.82) is 0 Å². The molecule has 2 aromatic carbocycles. The van der Waals surface area contributed by atoms with Gasteiger partial charge in [0.15, 0.2) is 0 Å². The first-order valence-electron chi connectivity index (χ1n) is 10.2. The van der Waals surface area contributed by atoms with E-state index in [0.717, 1.165) is 48.4 Å². The molecule has 0 aromatic heterocycles. The Morgan fingerprint density at radius 3 is 2.86 bits per heavy atom. The zero-order valence-electron chi connectivity index (χ0n) is 16.9. The van der Waals surface area contributed by atoms with Crippen molar-refractivity contribution >= 4 is 23.6 Å². The Morgan fingerprint density at radius 2 is 2.03 bits per heavy atom. The molecule has 29 heavy (non-hydrogen) atoms. The zero-order chi connectivity index (χ0) is 20.4.